The van der Waals surface area contributed by atoms with Crippen molar-refractivity contribution in [3.8, 4) is 0 Å². The third-order valence-electron chi connectivity index (χ3n) is 5.30. The maximum Gasteiger partial charge on any atom is 0.276 e. The fraction of sp³-hybridized carbons (Fsp3) is 0.421. The van der Waals surface area contributed by atoms with Gasteiger partial charge in [-0.1, -0.05) is 30.3 Å². The summed E-state index contributed by atoms with van der Waals surface area (Å²) >= 11 is 0. The van der Waals surface area contributed by atoms with Crippen LogP contribution in [0.2, 0.25) is 0 Å². The zero-order chi connectivity index (χ0) is 17.4. The molecule has 1 aromatic heterocycles. The molecule has 0 radical (unpaired) electrons. The van der Waals surface area contributed by atoms with E-state index in [0.717, 1.165) is 29.9 Å². The Bertz CT molecular complexity index is 819. The van der Waals surface area contributed by atoms with Crippen LogP contribution in [0.1, 0.15) is 48.0 Å². The molecular formula is C19H21N3O3. The molecule has 0 bridgehead atoms. The first kappa shape index (κ1) is 15.9. The number of anilines is 1. The molecule has 2 aliphatic rings. The van der Waals surface area contributed by atoms with E-state index in [1.807, 2.05) is 24.3 Å². The minimum atomic E-state index is -0.509. The SMILES string of the molecule is CCCc1cc(C(=O)N2CCC3(CC2)C(=O)Nc2ccccc23)no1. The molecular weight excluding hydrogens is 318 g/mol. The van der Waals surface area contributed by atoms with Crippen LogP contribution in [0, 0.1) is 0 Å². The number of fused-ring (bicyclic) bond motifs is 2. The summed E-state index contributed by atoms with van der Waals surface area (Å²) in [6.07, 6.45) is 2.98. The highest BCUT2D eigenvalue weighted by Gasteiger charge is 2.48. The molecule has 25 heavy (non-hydrogen) atoms. The van der Waals surface area contributed by atoms with Gasteiger partial charge in [0.05, 0.1) is 5.41 Å². The van der Waals surface area contributed by atoms with Crippen molar-refractivity contribution in [1.82, 2.24) is 10.1 Å². The number of aromatic nitrogens is 1. The molecule has 4 rings (SSSR count). The first-order valence-electron chi connectivity index (χ1n) is 8.80. The van der Waals surface area contributed by atoms with Gasteiger partial charge >= 0.3 is 0 Å². The molecule has 130 valence electrons. The Hall–Kier alpha value is -2.63. The van der Waals surface area contributed by atoms with Gasteiger partial charge in [-0.15, -0.1) is 0 Å². The highest BCUT2D eigenvalue weighted by molar-refractivity contribution is 6.06. The molecule has 0 saturated carbocycles. The number of carbonyl (C=O) groups is 2. The molecule has 1 aromatic carbocycles. The van der Waals surface area contributed by atoms with Crippen molar-refractivity contribution >= 4 is 17.5 Å². The van der Waals surface area contributed by atoms with Crippen molar-refractivity contribution < 1.29 is 14.1 Å². The molecule has 6 nitrogen and oxygen atoms in total. The summed E-state index contributed by atoms with van der Waals surface area (Å²) in [7, 11) is 0. The summed E-state index contributed by atoms with van der Waals surface area (Å²) in [5.41, 5.74) is 1.80. The molecule has 1 spiro atoms. The summed E-state index contributed by atoms with van der Waals surface area (Å²) in [5, 5.41) is 6.89. The number of aryl methyl sites for hydroxylation is 1. The quantitative estimate of drug-likeness (QED) is 0.933. The lowest BCUT2D eigenvalue weighted by atomic mass is 9.73. The van der Waals surface area contributed by atoms with E-state index in [-0.39, 0.29) is 11.8 Å². The zero-order valence-electron chi connectivity index (χ0n) is 14.2. The first-order valence-corrected chi connectivity index (χ1v) is 8.80. The number of nitrogens with one attached hydrogen (secondary N) is 1. The molecule has 2 amide bonds. The monoisotopic (exact) mass is 339 g/mol. The van der Waals surface area contributed by atoms with Gasteiger partial charge in [-0.05, 0) is 30.9 Å². The minimum Gasteiger partial charge on any atom is -0.361 e. The van der Waals surface area contributed by atoms with Crippen molar-refractivity contribution in [1.29, 1.82) is 0 Å². The second-order valence-electron chi connectivity index (χ2n) is 6.80. The van der Waals surface area contributed by atoms with E-state index in [4.69, 9.17) is 4.52 Å². The molecule has 0 aliphatic carbocycles. The van der Waals surface area contributed by atoms with Crippen molar-refractivity contribution in [2.24, 2.45) is 0 Å². The predicted molar refractivity (Wildman–Crippen MR) is 92.4 cm³/mol. The van der Waals surface area contributed by atoms with Crippen molar-refractivity contribution in [2.45, 2.75) is 38.0 Å². The average Bonchev–Trinajstić information content (AvgIpc) is 3.20. The van der Waals surface area contributed by atoms with Crippen LogP contribution in [0.4, 0.5) is 5.69 Å². The van der Waals surface area contributed by atoms with Crippen molar-refractivity contribution in [2.75, 3.05) is 18.4 Å². The van der Waals surface area contributed by atoms with Gasteiger partial charge in [0.15, 0.2) is 5.69 Å². The first-order chi connectivity index (χ1) is 12.1. The van der Waals surface area contributed by atoms with Crippen molar-refractivity contribution in [3.05, 3.63) is 47.3 Å². The Kier molecular flexibility index (Phi) is 3.82. The topological polar surface area (TPSA) is 75.4 Å². The Morgan fingerprint density at radius 1 is 1.32 bits per heavy atom. The number of hydrogen-bond donors (Lipinski definition) is 1. The van der Waals surface area contributed by atoms with Gasteiger partial charge in [-0.25, -0.2) is 0 Å². The summed E-state index contributed by atoms with van der Waals surface area (Å²) in [4.78, 5) is 27.0. The van der Waals surface area contributed by atoms with Crippen LogP contribution in [0.5, 0.6) is 0 Å². The van der Waals surface area contributed by atoms with Gasteiger partial charge in [0.1, 0.15) is 5.76 Å². The molecule has 2 aromatic rings. The molecule has 1 saturated heterocycles. The largest absolute Gasteiger partial charge is 0.361 e. The number of para-hydroxylation sites is 1. The standard InChI is InChI=1S/C19H21N3O3/c1-2-5-13-12-16(21-25-13)17(23)22-10-8-19(9-11-22)14-6-3-4-7-15(14)20-18(19)24/h3-4,6-7,12H,2,5,8-11H2,1H3,(H,20,24). The van der Waals surface area contributed by atoms with Gasteiger partial charge in [-0.2, -0.15) is 0 Å². The number of nitrogens with zero attached hydrogens (tertiary/aromatic N) is 2. The lowest BCUT2D eigenvalue weighted by Crippen LogP contribution is -2.48. The summed E-state index contributed by atoms with van der Waals surface area (Å²) in [5.74, 6) is 0.670. The Morgan fingerprint density at radius 2 is 2.08 bits per heavy atom. The fourth-order valence-electron chi connectivity index (χ4n) is 3.90. The van der Waals surface area contributed by atoms with E-state index in [0.29, 0.717) is 31.6 Å². The third kappa shape index (κ3) is 2.52. The van der Waals surface area contributed by atoms with Crippen LogP contribution >= 0.6 is 0 Å². The fourth-order valence-corrected chi connectivity index (χ4v) is 3.90. The van der Waals surface area contributed by atoms with Crippen LogP contribution < -0.4 is 5.32 Å². The van der Waals surface area contributed by atoms with Gasteiger partial charge in [0.25, 0.3) is 5.91 Å². The molecule has 0 atom stereocenters. The molecule has 3 heterocycles. The number of benzene rings is 1. The zero-order valence-corrected chi connectivity index (χ0v) is 14.2. The summed E-state index contributed by atoms with van der Waals surface area (Å²) in [6, 6.07) is 9.57. The smallest absolute Gasteiger partial charge is 0.276 e. The Balaban J connectivity index is 1.50. The maximum atomic E-state index is 12.7. The van der Waals surface area contributed by atoms with Gasteiger partial charge < -0.3 is 14.7 Å². The Labute approximate surface area is 146 Å². The van der Waals surface area contributed by atoms with Crippen LogP contribution in [0.15, 0.2) is 34.9 Å². The highest BCUT2D eigenvalue weighted by Crippen LogP contribution is 2.44. The highest BCUT2D eigenvalue weighted by atomic mass is 16.5. The Morgan fingerprint density at radius 3 is 2.84 bits per heavy atom. The van der Waals surface area contributed by atoms with Crippen LogP contribution in [-0.4, -0.2) is 35.0 Å². The van der Waals surface area contributed by atoms with E-state index in [1.165, 1.54) is 0 Å². The van der Waals surface area contributed by atoms with E-state index in [9.17, 15) is 9.59 Å². The number of piperidine rings is 1. The summed E-state index contributed by atoms with van der Waals surface area (Å²) < 4.78 is 5.21. The average molecular weight is 339 g/mol. The number of hydrogen-bond acceptors (Lipinski definition) is 4. The normalized spacial score (nSPS) is 18.3. The van der Waals surface area contributed by atoms with E-state index < -0.39 is 5.41 Å². The molecule has 0 unspecified atom stereocenters. The van der Waals surface area contributed by atoms with Gasteiger partial charge in [-0.3, -0.25) is 9.59 Å². The second-order valence-corrected chi connectivity index (χ2v) is 6.80. The molecule has 1 fully saturated rings. The van der Waals surface area contributed by atoms with Crippen LogP contribution in [-0.2, 0) is 16.6 Å². The van der Waals surface area contributed by atoms with E-state index in [1.54, 1.807) is 11.0 Å². The minimum absolute atomic E-state index is 0.0486. The lowest BCUT2D eigenvalue weighted by Gasteiger charge is -2.37. The van der Waals surface area contributed by atoms with E-state index in [2.05, 4.69) is 17.4 Å². The number of likely N-dealkylation sites (tertiary alicyclic amines) is 1. The maximum absolute atomic E-state index is 12.7. The van der Waals surface area contributed by atoms with Crippen LogP contribution in [0.3, 0.4) is 0 Å². The van der Waals surface area contributed by atoms with Crippen molar-refractivity contribution in [3.63, 3.8) is 0 Å². The molecule has 6 heteroatoms. The van der Waals surface area contributed by atoms with Crippen LogP contribution in [0.25, 0.3) is 0 Å². The summed E-state index contributed by atoms with van der Waals surface area (Å²) in [6.45, 7) is 3.13. The predicted octanol–water partition coefficient (Wildman–Crippen LogP) is 2.75. The molecule has 2 aliphatic heterocycles. The third-order valence-corrected chi connectivity index (χ3v) is 5.30. The number of carbonyl (C=O) groups excluding carboxylic acids is 2. The number of amides is 2. The van der Waals surface area contributed by atoms with E-state index >= 15 is 0 Å². The number of rotatable bonds is 3. The second kappa shape index (κ2) is 6.02. The molecule has 1 N–H and O–H groups in total. The lowest BCUT2D eigenvalue weighted by molar-refractivity contribution is -0.122. The van der Waals surface area contributed by atoms with Gasteiger partial charge in [0, 0.05) is 31.3 Å². The van der Waals surface area contributed by atoms with Gasteiger partial charge in [0.2, 0.25) is 5.91 Å².